The maximum atomic E-state index is 5.74. The molecule has 0 aromatic carbocycles. The van der Waals surface area contributed by atoms with E-state index in [1.807, 2.05) is 11.9 Å². The van der Waals surface area contributed by atoms with Gasteiger partial charge in [-0.2, -0.15) is 24.7 Å². The minimum absolute atomic E-state index is 0.0760. The predicted molar refractivity (Wildman–Crippen MR) is 71.9 cm³/mol. The first-order valence-electron chi connectivity index (χ1n) is 6.04. The highest BCUT2D eigenvalue weighted by Crippen LogP contribution is 2.22. The number of anilines is 2. The molecule has 0 aliphatic carbocycles. The Morgan fingerprint density at radius 3 is 2.63 bits per heavy atom. The smallest absolute Gasteiger partial charge is 0.258 e. The van der Waals surface area contributed by atoms with Gasteiger partial charge in [-0.15, -0.1) is 0 Å². The van der Waals surface area contributed by atoms with Gasteiger partial charge < -0.3 is 10.6 Å². The van der Waals surface area contributed by atoms with Crippen molar-refractivity contribution in [2.24, 2.45) is 0 Å². The van der Waals surface area contributed by atoms with Crippen molar-refractivity contribution in [3.05, 3.63) is 12.7 Å². The summed E-state index contributed by atoms with van der Waals surface area (Å²) in [5, 5.41) is 3.99. The zero-order valence-corrected chi connectivity index (χ0v) is 11.6. The molecule has 0 saturated heterocycles. The zero-order chi connectivity index (χ0) is 14.0. The summed E-state index contributed by atoms with van der Waals surface area (Å²) in [7, 11) is 1.93. The van der Waals surface area contributed by atoms with E-state index in [9.17, 15) is 0 Å². The fourth-order valence-corrected chi connectivity index (χ4v) is 1.44. The maximum Gasteiger partial charge on any atom is 0.258 e. The van der Waals surface area contributed by atoms with Gasteiger partial charge in [0, 0.05) is 12.6 Å². The molecule has 0 saturated carbocycles. The first kappa shape index (κ1) is 13.2. The fourth-order valence-electron chi connectivity index (χ4n) is 1.44. The van der Waals surface area contributed by atoms with E-state index in [2.05, 4.69) is 45.8 Å². The molecule has 0 unspecified atom stereocenters. The third-order valence-electron chi connectivity index (χ3n) is 3.33. The molecule has 19 heavy (non-hydrogen) atoms. The fraction of sp³-hybridized carbons (Fsp3) is 0.545. The van der Waals surface area contributed by atoms with Crippen molar-refractivity contribution in [2.45, 2.75) is 32.7 Å². The van der Waals surface area contributed by atoms with Crippen molar-refractivity contribution in [1.82, 2.24) is 29.7 Å². The van der Waals surface area contributed by atoms with Crippen LogP contribution in [0.2, 0.25) is 0 Å². The van der Waals surface area contributed by atoms with E-state index < -0.39 is 0 Å². The van der Waals surface area contributed by atoms with Gasteiger partial charge in [0.2, 0.25) is 11.9 Å². The Balaban J connectivity index is 2.43. The van der Waals surface area contributed by atoms with Crippen LogP contribution in [0.5, 0.6) is 0 Å². The Morgan fingerprint density at radius 2 is 2.05 bits per heavy atom. The molecule has 2 aromatic heterocycles. The van der Waals surface area contributed by atoms with Crippen LogP contribution in [-0.4, -0.2) is 42.3 Å². The van der Waals surface area contributed by atoms with Gasteiger partial charge in [-0.3, -0.25) is 0 Å². The van der Waals surface area contributed by atoms with Crippen LogP contribution in [-0.2, 0) is 0 Å². The van der Waals surface area contributed by atoms with Gasteiger partial charge in [0.05, 0.1) is 0 Å². The maximum absolute atomic E-state index is 5.74. The summed E-state index contributed by atoms with van der Waals surface area (Å²) in [5.41, 5.74) is 5.66. The van der Waals surface area contributed by atoms with Gasteiger partial charge in [0.25, 0.3) is 5.95 Å². The van der Waals surface area contributed by atoms with E-state index in [-0.39, 0.29) is 11.5 Å². The highest BCUT2D eigenvalue weighted by Gasteiger charge is 2.24. The molecule has 0 amide bonds. The van der Waals surface area contributed by atoms with Crippen molar-refractivity contribution in [2.75, 3.05) is 17.7 Å². The van der Waals surface area contributed by atoms with E-state index in [1.54, 1.807) is 0 Å². The molecule has 0 bridgehead atoms. The lowest BCUT2D eigenvalue weighted by Gasteiger charge is -2.34. The largest absolute Gasteiger partial charge is 0.368 e. The van der Waals surface area contributed by atoms with Crippen LogP contribution >= 0.6 is 0 Å². The second-order valence-electron chi connectivity index (χ2n) is 4.86. The number of nitrogens with two attached hydrogens (primary N) is 1. The summed E-state index contributed by atoms with van der Waals surface area (Å²) in [5.74, 6) is 1.04. The van der Waals surface area contributed by atoms with Crippen molar-refractivity contribution in [3.8, 4) is 5.95 Å². The van der Waals surface area contributed by atoms with E-state index in [4.69, 9.17) is 5.73 Å². The molecule has 2 rings (SSSR count). The van der Waals surface area contributed by atoms with Gasteiger partial charge in [-0.05, 0) is 20.3 Å². The summed E-state index contributed by atoms with van der Waals surface area (Å²) >= 11 is 0. The normalized spacial score (nSPS) is 11.6. The van der Waals surface area contributed by atoms with Gasteiger partial charge >= 0.3 is 0 Å². The van der Waals surface area contributed by atoms with E-state index in [0.717, 1.165) is 6.42 Å². The first-order chi connectivity index (χ1) is 8.94. The van der Waals surface area contributed by atoms with Crippen LogP contribution < -0.4 is 10.6 Å². The van der Waals surface area contributed by atoms with Gasteiger partial charge in [-0.1, -0.05) is 6.92 Å². The summed E-state index contributed by atoms with van der Waals surface area (Å²) in [6.45, 7) is 6.34. The van der Waals surface area contributed by atoms with Gasteiger partial charge in [-0.25, -0.2) is 4.98 Å². The summed E-state index contributed by atoms with van der Waals surface area (Å²) in [6, 6.07) is 0. The number of hydrogen-bond acceptors (Lipinski definition) is 7. The van der Waals surface area contributed by atoms with Crippen LogP contribution in [0.15, 0.2) is 12.7 Å². The zero-order valence-electron chi connectivity index (χ0n) is 11.6. The summed E-state index contributed by atoms with van der Waals surface area (Å²) < 4.78 is 1.45. The number of rotatable bonds is 4. The molecular weight excluding hydrogens is 244 g/mol. The third kappa shape index (κ3) is 2.61. The lowest BCUT2D eigenvalue weighted by molar-refractivity contribution is 0.462. The topological polar surface area (TPSA) is 98.6 Å². The summed E-state index contributed by atoms with van der Waals surface area (Å²) in [6.07, 6.45) is 3.89. The SMILES string of the molecule is CCC(C)(C)N(C)c1nc(N)nc(-n2cncn2)n1. The van der Waals surface area contributed by atoms with Crippen LogP contribution in [0.3, 0.4) is 0 Å². The van der Waals surface area contributed by atoms with E-state index >= 15 is 0 Å². The standard InChI is InChI=1S/C11H18N8/c1-5-11(2,3)18(4)9-15-8(12)16-10(17-9)19-7-13-6-14-19/h6-7H,5H2,1-4H3,(H2,12,15,16,17). The third-order valence-corrected chi connectivity index (χ3v) is 3.33. The number of hydrogen-bond donors (Lipinski definition) is 1. The molecule has 0 aliphatic heterocycles. The number of nitrogens with zero attached hydrogens (tertiary/aromatic N) is 7. The molecule has 2 aromatic rings. The lowest BCUT2D eigenvalue weighted by Crippen LogP contribution is -2.41. The average Bonchev–Trinajstić information content (AvgIpc) is 2.91. The Kier molecular flexibility index (Phi) is 3.32. The lowest BCUT2D eigenvalue weighted by atomic mass is 10.0. The Labute approximate surface area is 111 Å². The van der Waals surface area contributed by atoms with Crippen molar-refractivity contribution < 1.29 is 0 Å². The van der Waals surface area contributed by atoms with E-state index in [1.165, 1.54) is 17.3 Å². The minimum Gasteiger partial charge on any atom is -0.368 e. The summed E-state index contributed by atoms with van der Waals surface area (Å²) in [4.78, 5) is 18.5. The molecule has 0 atom stereocenters. The predicted octanol–water partition coefficient (Wildman–Crippen LogP) is 0.659. The van der Waals surface area contributed by atoms with Gasteiger partial charge in [0.15, 0.2) is 0 Å². The Morgan fingerprint density at radius 1 is 1.32 bits per heavy atom. The Hall–Kier alpha value is -2.25. The molecule has 0 spiro atoms. The first-order valence-corrected chi connectivity index (χ1v) is 6.04. The van der Waals surface area contributed by atoms with Crippen LogP contribution in [0.4, 0.5) is 11.9 Å². The van der Waals surface area contributed by atoms with E-state index in [0.29, 0.717) is 11.9 Å². The molecule has 2 N–H and O–H groups in total. The molecular formula is C11H18N8. The Bertz CT molecular complexity index is 548. The van der Waals surface area contributed by atoms with Gasteiger partial charge in [0.1, 0.15) is 12.7 Å². The number of aromatic nitrogens is 6. The molecule has 0 radical (unpaired) electrons. The van der Waals surface area contributed by atoms with Crippen molar-refractivity contribution in [3.63, 3.8) is 0 Å². The molecule has 8 nitrogen and oxygen atoms in total. The highest BCUT2D eigenvalue weighted by molar-refractivity contribution is 5.39. The molecule has 0 fully saturated rings. The molecule has 102 valence electrons. The average molecular weight is 262 g/mol. The molecule has 8 heteroatoms. The van der Waals surface area contributed by atoms with Crippen LogP contribution in [0.1, 0.15) is 27.2 Å². The molecule has 0 aliphatic rings. The van der Waals surface area contributed by atoms with Crippen LogP contribution in [0.25, 0.3) is 5.95 Å². The van der Waals surface area contributed by atoms with Crippen molar-refractivity contribution in [1.29, 1.82) is 0 Å². The van der Waals surface area contributed by atoms with Crippen LogP contribution in [0, 0.1) is 0 Å². The molecule has 2 heterocycles. The highest BCUT2D eigenvalue weighted by atomic mass is 15.4. The van der Waals surface area contributed by atoms with Crippen molar-refractivity contribution >= 4 is 11.9 Å². The number of nitrogen functional groups attached to an aromatic ring is 1. The monoisotopic (exact) mass is 262 g/mol. The second-order valence-corrected chi connectivity index (χ2v) is 4.86. The quantitative estimate of drug-likeness (QED) is 0.864. The second kappa shape index (κ2) is 4.79. The minimum atomic E-state index is -0.0760.